The molecular weight excluding hydrogens is 547 g/mol. The number of thiophene rings is 1. The molecule has 2 aliphatic rings. The maximum atomic E-state index is 10.4. The Labute approximate surface area is 251 Å². The first-order chi connectivity index (χ1) is 21.2. The van der Waals surface area contributed by atoms with Crippen molar-refractivity contribution in [1.82, 2.24) is 4.57 Å². The molecule has 0 radical (unpaired) electrons. The zero-order chi connectivity index (χ0) is 28.7. The number of hydrogen-bond donors (Lipinski definition) is 0. The Morgan fingerprint density at radius 1 is 0.698 bits per heavy atom. The van der Waals surface area contributed by atoms with Crippen LogP contribution >= 0.6 is 11.3 Å². The first kappa shape index (κ1) is 24.0. The van der Waals surface area contributed by atoms with E-state index in [-0.39, 0.29) is 12.0 Å². The van der Waals surface area contributed by atoms with Gasteiger partial charge in [-0.25, -0.2) is 0 Å². The molecule has 43 heavy (non-hydrogen) atoms. The fourth-order valence-corrected chi connectivity index (χ4v) is 8.14. The Morgan fingerprint density at radius 2 is 1.53 bits per heavy atom. The SMILES string of the molecule is N#Cc1ccc2c(c1)c1ccccc1n2-c1cccc2c1sc1c(C#N)cc(-c3cccc4c3OC3C=CC=CC43)cc12. The molecule has 2 aromatic heterocycles. The third-order valence-electron chi connectivity index (χ3n) is 8.79. The highest BCUT2D eigenvalue weighted by atomic mass is 32.1. The maximum Gasteiger partial charge on any atom is 0.132 e. The van der Waals surface area contributed by atoms with E-state index >= 15 is 0 Å². The van der Waals surface area contributed by atoms with E-state index in [1.165, 1.54) is 5.56 Å². The largest absolute Gasteiger partial charge is 0.484 e. The molecule has 9 rings (SSSR count). The van der Waals surface area contributed by atoms with Crippen LogP contribution in [0.25, 0.3) is 58.8 Å². The van der Waals surface area contributed by atoms with Gasteiger partial charge in [-0.2, -0.15) is 10.5 Å². The maximum absolute atomic E-state index is 10.4. The summed E-state index contributed by atoms with van der Waals surface area (Å²) in [6, 6.07) is 36.0. The van der Waals surface area contributed by atoms with Gasteiger partial charge in [0.15, 0.2) is 0 Å². The molecule has 1 aliphatic heterocycles. The summed E-state index contributed by atoms with van der Waals surface area (Å²) in [5.74, 6) is 1.11. The van der Waals surface area contributed by atoms with E-state index in [1.807, 2.05) is 36.4 Å². The highest BCUT2D eigenvalue weighted by molar-refractivity contribution is 7.26. The average molecular weight is 568 g/mol. The Kier molecular flexibility index (Phi) is 4.99. The highest BCUT2D eigenvalue weighted by Gasteiger charge is 2.34. The summed E-state index contributed by atoms with van der Waals surface area (Å²) in [7, 11) is 0. The first-order valence-corrected chi connectivity index (χ1v) is 15.0. The van der Waals surface area contributed by atoms with Gasteiger partial charge in [-0.1, -0.05) is 66.8 Å². The third kappa shape index (κ3) is 3.35. The van der Waals surface area contributed by atoms with Crippen molar-refractivity contribution in [2.75, 3.05) is 0 Å². The zero-order valence-electron chi connectivity index (χ0n) is 22.8. The van der Waals surface area contributed by atoms with Crippen molar-refractivity contribution in [3.63, 3.8) is 0 Å². The third-order valence-corrected chi connectivity index (χ3v) is 10.1. The van der Waals surface area contributed by atoms with E-state index in [2.05, 4.69) is 95.6 Å². The molecular formula is C38H21N3OS. The molecule has 0 amide bonds. The summed E-state index contributed by atoms with van der Waals surface area (Å²) in [6.07, 6.45) is 8.44. The van der Waals surface area contributed by atoms with Gasteiger partial charge in [0.25, 0.3) is 0 Å². The van der Waals surface area contributed by atoms with E-state index in [0.29, 0.717) is 11.1 Å². The van der Waals surface area contributed by atoms with E-state index in [1.54, 1.807) is 11.3 Å². The van der Waals surface area contributed by atoms with Crippen LogP contribution in [0.3, 0.4) is 0 Å². The van der Waals surface area contributed by atoms with Crippen LogP contribution in [0.4, 0.5) is 0 Å². The second-order valence-corrected chi connectivity index (χ2v) is 12.1. The van der Waals surface area contributed by atoms with Gasteiger partial charge in [0.1, 0.15) is 17.9 Å². The van der Waals surface area contributed by atoms with Gasteiger partial charge in [0, 0.05) is 38.6 Å². The lowest BCUT2D eigenvalue weighted by Gasteiger charge is -2.14. The standard InChI is InChI=1S/C38H21N3OS/c39-20-22-15-16-33-30(17-22)26-7-1-3-12-32(26)41(33)34-13-6-11-29-31-19-23(18-24(21-40)37(31)43-38(29)34)25-9-5-10-28-27-8-2-4-14-35(27)42-36(25)28/h1-19,27,35H. The van der Waals surface area contributed by atoms with Crippen molar-refractivity contribution in [3.8, 4) is 34.7 Å². The van der Waals surface area contributed by atoms with Crippen LogP contribution in [-0.2, 0) is 0 Å². The van der Waals surface area contributed by atoms with Gasteiger partial charge in [-0.15, -0.1) is 11.3 Å². The predicted molar refractivity (Wildman–Crippen MR) is 174 cm³/mol. The van der Waals surface area contributed by atoms with E-state index in [4.69, 9.17) is 4.74 Å². The molecule has 2 atom stereocenters. The summed E-state index contributed by atoms with van der Waals surface area (Å²) < 4.78 is 10.9. The minimum atomic E-state index is 0.000286. The van der Waals surface area contributed by atoms with Gasteiger partial charge in [-0.3, -0.25) is 0 Å². The number of hydrogen-bond acceptors (Lipinski definition) is 4. The fourth-order valence-electron chi connectivity index (χ4n) is 6.89. The number of nitriles is 2. The lowest BCUT2D eigenvalue weighted by atomic mass is 9.90. The Bertz CT molecular complexity index is 2480. The second kappa shape index (κ2) is 8.94. The van der Waals surface area contributed by atoms with Gasteiger partial charge >= 0.3 is 0 Å². The summed E-state index contributed by atoms with van der Waals surface area (Å²) in [6.45, 7) is 0. The molecule has 5 aromatic carbocycles. The number of fused-ring (bicyclic) bond motifs is 9. The monoisotopic (exact) mass is 567 g/mol. The molecule has 3 heterocycles. The number of para-hydroxylation sites is 2. The van der Waals surface area contributed by atoms with Crippen molar-refractivity contribution in [2.24, 2.45) is 0 Å². The summed E-state index contributed by atoms with van der Waals surface area (Å²) in [5, 5.41) is 24.3. The molecule has 2 unspecified atom stereocenters. The molecule has 0 N–H and O–H groups in total. The number of ether oxygens (including phenoxy) is 1. The molecule has 4 nitrogen and oxygen atoms in total. The topological polar surface area (TPSA) is 61.7 Å². The summed E-state index contributed by atoms with van der Waals surface area (Å²) in [4.78, 5) is 0. The van der Waals surface area contributed by atoms with E-state index < -0.39 is 0 Å². The molecule has 0 fully saturated rings. The Hall–Kier alpha value is -5.62. The van der Waals surface area contributed by atoms with Crippen LogP contribution in [-0.4, -0.2) is 10.7 Å². The number of aromatic nitrogens is 1. The zero-order valence-corrected chi connectivity index (χ0v) is 23.6. The summed E-state index contributed by atoms with van der Waals surface area (Å²) in [5.41, 5.74) is 7.68. The van der Waals surface area contributed by atoms with Gasteiger partial charge in [0.2, 0.25) is 0 Å². The normalized spacial score (nSPS) is 16.8. The van der Waals surface area contributed by atoms with Crippen LogP contribution in [0.5, 0.6) is 5.75 Å². The van der Waals surface area contributed by atoms with Crippen molar-refractivity contribution in [2.45, 2.75) is 12.0 Å². The van der Waals surface area contributed by atoms with E-state index in [0.717, 1.165) is 64.5 Å². The minimum Gasteiger partial charge on any atom is -0.484 e. The Morgan fingerprint density at radius 3 is 2.44 bits per heavy atom. The van der Waals surface area contributed by atoms with E-state index in [9.17, 15) is 10.5 Å². The van der Waals surface area contributed by atoms with Crippen LogP contribution in [0.15, 0.2) is 115 Å². The molecule has 1 aliphatic carbocycles. The van der Waals surface area contributed by atoms with Crippen LogP contribution < -0.4 is 4.74 Å². The molecule has 0 saturated heterocycles. The number of rotatable bonds is 2. The molecule has 0 spiro atoms. The highest BCUT2D eigenvalue weighted by Crippen LogP contribution is 2.49. The quantitative estimate of drug-likeness (QED) is 0.209. The van der Waals surface area contributed by atoms with Gasteiger partial charge in [-0.05, 0) is 54.1 Å². The van der Waals surface area contributed by atoms with Crippen LogP contribution in [0.2, 0.25) is 0 Å². The number of benzene rings is 5. The van der Waals surface area contributed by atoms with Gasteiger partial charge < -0.3 is 9.30 Å². The van der Waals surface area contributed by atoms with Crippen LogP contribution in [0, 0.1) is 22.7 Å². The number of nitrogens with zero attached hydrogens (tertiary/aromatic N) is 3. The van der Waals surface area contributed by atoms with Crippen molar-refractivity contribution in [1.29, 1.82) is 10.5 Å². The minimum absolute atomic E-state index is 0.000286. The smallest absolute Gasteiger partial charge is 0.132 e. The predicted octanol–water partition coefficient (Wildman–Crippen LogP) is 9.53. The fraction of sp³-hybridized carbons (Fsp3) is 0.0526. The van der Waals surface area contributed by atoms with Crippen molar-refractivity contribution >= 4 is 53.3 Å². The summed E-state index contributed by atoms with van der Waals surface area (Å²) >= 11 is 1.66. The second-order valence-electron chi connectivity index (χ2n) is 11.1. The molecule has 0 saturated carbocycles. The lowest BCUT2D eigenvalue weighted by molar-refractivity contribution is 0.270. The van der Waals surface area contributed by atoms with Crippen molar-refractivity contribution in [3.05, 3.63) is 132 Å². The average Bonchev–Trinajstić information content (AvgIpc) is 3.73. The lowest BCUT2D eigenvalue weighted by Crippen LogP contribution is -2.15. The van der Waals surface area contributed by atoms with Crippen LogP contribution in [0.1, 0.15) is 22.6 Å². The first-order valence-electron chi connectivity index (χ1n) is 14.2. The number of allylic oxidation sites excluding steroid dienone is 2. The van der Waals surface area contributed by atoms with Crippen molar-refractivity contribution < 1.29 is 4.74 Å². The molecule has 0 bridgehead atoms. The molecule has 5 heteroatoms. The molecule has 7 aromatic rings. The van der Waals surface area contributed by atoms with Gasteiger partial charge in [0.05, 0.1) is 43.3 Å². The molecule has 200 valence electrons. The Balaban J connectivity index is 1.30.